The largest absolute Gasteiger partial charge is 0.379 e. The molecule has 0 aliphatic carbocycles. The van der Waals surface area contributed by atoms with Crippen molar-refractivity contribution in [3.8, 4) is 0 Å². The van der Waals surface area contributed by atoms with Crippen molar-refractivity contribution in [2.24, 2.45) is 5.41 Å². The van der Waals surface area contributed by atoms with Crippen molar-refractivity contribution in [2.75, 3.05) is 6.61 Å². The van der Waals surface area contributed by atoms with Crippen molar-refractivity contribution in [1.82, 2.24) is 0 Å². The van der Waals surface area contributed by atoms with Crippen molar-refractivity contribution >= 4 is 0 Å². The van der Waals surface area contributed by atoms with Gasteiger partial charge in [-0.3, -0.25) is 0 Å². The van der Waals surface area contributed by atoms with Crippen molar-refractivity contribution in [2.45, 2.75) is 92.5 Å². The molecule has 2 heteroatoms. The van der Waals surface area contributed by atoms with Gasteiger partial charge in [0.15, 0.2) is 0 Å². The molecule has 18 heavy (non-hydrogen) atoms. The smallest absolute Gasteiger partial charge is 0.0655 e. The zero-order valence-electron chi connectivity index (χ0n) is 14.0. The lowest BCUT2D eigenvalue weighted by molar-refractivity contribution is -0.146. The molecule has 0 saturated heterocycles. The van der Waals surface area contributed by atoms with Crippen molar-refractivity contribution < 1.29 is 9.47 Å². The maximum atomic E-state index is 6.30. The van der Waals surface area contributed by atoms with Gasteiger partial charge in [-0.15, -0.1) is 0 Å². The molecule has 0 aliphatic rings. The van der Waals surface area contributed by atoms with E-state index in [1.807, 2.05) is 0 Å². The standard InChI is InChI=1S/C16H34O2/c1-13(2)17-11-10-15(6,7)18-16(8,9)12-14(3,4)5/h13H,10-12H2,1-9H3. The summed E-state index contributed by atoms with van der Waals surface area (Å²) >= 11 is 0. The normalized spacial score (nSPS) is 14.3. The molecule has 0 aromatic heterocycles. The quantitative estimate of drug-likeness (QED) is 0.652. The number of ether oxygens (including phenoxy) is 2. The lowest BCUT2D eigenvalue weighted by atomic mass is 9.83. The molecule has 0 aromatic rings. The van der Waals surface area contributed by atoms with Gasteiger partial charge >= 0.3 is 0 Å². The number of rotatable bonds is 7. The van der Waals surface area contributed by atoms with Gasteiger partial charge in [-0.25, -0.2) is 0 Å². The topological polar surface area (TPSA) is 18.5 Å². The molecular formula is C16H34O2. The summed E-state index contributed by atoms with van der Waals surface area (Å²) in [4.78, 5) is 0. The molecule has 0 atom stereocenters. The van der Waals surface area contributed by atoms with Crippen molar-refractivity contribution in [3.05, 3.63) is 0 Å². The van der Waals surface area contributed by atoms with Crippen LogP contribution in [0.5, 0.6) is 0 Å². The minimum absolute atomic E-state index is 0.0976. The lowest BCUT2D eigenvalue weighted by Gasteiger charge is -2.39. The Morgan fingerprint density at radius 2 is 1.33 bits per heavy atom. The first-order chi connectivity index (χ1) is 7.83. The van der Waals surface area contributed by atoms with Crippen LogP contribution in [0.15, 0.2) is 0 Å². The molecule has 0 aliphatic heterocycles. The van der Waals surface area contributed by atoms with Gasteiger partial charge in [0.2, 0.25) is 0 Å². The predicted octanol–water partition coefficient (Wildman–Crippen LogP) is 4.81. The first-order valence-corrected chi connectivity index (χ1v) is 7.15. The molecule has 0 rings (SSSR count). The highest BCUT2D eigenvalue weighted by molar-refractivity contribution is 4.81. The number of hydrogen-bond acceptors (Lipinski definition) is 2. The van der Waals surface area contributed by atoms with Crippen LogP contribution in [-0.4, -0.2) is 23.9 Å². The summed E-state index contributed by atoms with van der Waals surface area (Å²) < 4.78 is 11.9. The van der Waals surface area contributed by atoms with E-state index in [1.54, 1.807) is 0 Å². The van der Waals surface area contributed by atoms with Gasteiger partial charge in [0, 0.05) is 6.61 Å². The number of hydrogen-bond donors (Lipinski definition) is 0. The van der Waals surface area contributed by atoms with E-state index >= 15 is 0 Å². The Labute approximate surface area is 114 Å². The second-order valence-electron chi connectivity index (χ2n) is 8.03. The van der Waals surface area contributed by atoms with Crippen LogP contribution in [0.1, 0.15) is 75.2 Å². The van der Waals surface area contributed by atoms with E-state index in [0.717, 1.165) is 19.4 Å². The van der Waals surface area contributed by atoms with Gasteiger partial charge < -0.3 is 9.47 Å². The highest BCUT2D eigenvalue weighted by atomic mass is 16.5. The van der Waals surface area contributed by atoms with E-state index in [9.17, 15) is 0 Å². The van der Waals surface area contributed by atoms with Crippen LogP contribution in [0.25, 0.3) is 0 Å². The Morgan fingerprint density at radius 3 is 1.72 bits per heavy atom. The highest BCUT2D eigenvalue weighted by Gasteiger charge is 2.32. The Morgan fingerprint density at radius 1 is 0.833 bits per heavy atom. The minimum Gasteiger partial charge on any atom is -0.379 e. The molecule has 0 unspecified atom stereocenters. The fourth-order valence-electron chi connectivity index (χ4n) is 2.65. The first kappa shape index (κ1) is 17.9. The van der Waals surface area contributed by atoms with Crippen LogP contribution in [0, 0.1) is 5.41 Å². The highest BCUT2D eigenvalue weighted by Crippen LogP contribution is 2.33. The molecule has 0 spiro atoms. The summed E-state index contributed by atoms with van der Waals surface area (Å²) in [6.45, 7) is 20.3. The Bertz CT molecular complexity index is 234. The van der Waals surface area contributed by atoms with Gasteiger partial charge in [0.1, 0.15) is 0 Å². The van der Waals surface area contributed by atoms with Gasteiger partial charge in [-0.05, 0) is 59.8 Å². The van der Waals surface area contributed by atoms with Crippen molar-refractivity contribution in [1.29, 1.82) is 0 Å². The third-order valence-electron chi connectivity index (χ3n) is 2.66. The van der Waals surface area contributed by atoms with Crippen LogP contribution in [0.4, 0.5) is 0 Å². The SMILES string of the molecule is CC(C)OCCC(C)(C)OC(C)(C)CC(C)(C)C. The van der Waals surface area contributed by atoms with E-state index in [4.69, 9.17) is 9.47 Å². The lowest BCUT2D eigenvalue weighted by Crippen LogP contribution is -2.40. The summed E-state index contributed by atoms with van der Waals surface area (Å²) in [6.07, 6.45) is 2.27. The van der Waals surface area contributed by atoms with E-state index in [2.05, 4.69) is 62.3 Å². The molecule has 0 N–H and O–H groups in total. The van der Waals surface area contributed by atoms with E-state index in [1.165, 1.54) is 0 Å². The van der Waals surface area contributed by atoms with Gasteiger partial charge in [0.25, 0.3) is 0 Å². The second-order valence-corrected chi connectivity index (χ2v) is 8.03. The molecule has 0 heterocycles. The molecular weight excluding hydrogens is 224 g/mol. The van der Waals surface area contributed by atoms with Crippen molar-refractivity contribution in [3.63, 3.8) is 0 Å². The zero-order chi connectivity index (χ0) is 14.6. The fourth-order valence-corrected chi connectivity index (χ4v) is 2.65. The third kappa shape index (κ3) is 9.90. The van der Waals surface area contributed by atoms with Gasteiger partial charge in [-0.1, -0.05) is 20.8 Å². The predicted molar refractivity (Wildman–Crippen MR) is 79.0 cm³/mol. The van der Waals surface area contributed by atoms with Gasteiger partial charge in [0.05, 0.1) is 17.3 Å². The van der Waals surface area contributed by atoms with E-state index in [-0.39, 0.29) is 16.6 Å². The summed E-state index contributed by atoms with van der Waals surface area (Å²) in [5.41, 5.74) is 0.0528. The first-order valence-electron chi connectivity index (χ1n) is 7.15. The Hall–Kier alpha value is -0.0800. The molecule has 0 aromatic carbocycles. The molecule has 0 amide bonds. The molecule has 2 nitrogen and oxygen atoms in total. The monoisotopic (exact) mass is 258 g/mol. The minimum atomic E-state index is -0.135. The van der Waals surface area contributed by atoms with Crippen LogP contribution < -0.4 is 0 Å². The maximum absolute atomic E-state index is 6.30. The van der Waals surface area contributed by atoms with Crippen LogP contribution in [-0.2, 0) is 9.47 Å². The Balaban J connectivity index is 4.28. The summed E-state index contributed by atoms with van der Waals surface area (Å²) in [5.74, 6) is 0. The third-order valence-corrected chi connectivity index (χ3v) is 2.66. The summed E-state index contributed by atoms with van der Waals surface area (Å²) in [7, 11) is 0. The fraction of sp³-hybridized carbons (Fsp3) is 1.00. The second kappa shape index (κ2) is 6.38. The molecule has 0 radical (unpaired) electrons. The van der Waals surface area contributed by atoms with Crippen LogP contribution >= 0.6 is 0 Å². The summed E-state index contributed by atoms with van der Waals surface area (Å²) in [5, 5.41) is 0. The average Bonchev–Trinajstić information content (AvgIpc) is 1.93. The van der Waals surface area contributed by atoms with E-state index in [0.29, 0.717) is 6.10 Å². The summed E-state index contributed by atoms with van der Waals surface area (Å²) in [6, 6.07) is 0. The maximum Gasteiger partial charge on any atom is 0.0655 e. The molecule has 0 fully saturated rings. The zero-order valence-corrected chi connectivity index (χ0v) is 14.0. The Kier molecular flexibility index (Phi) is 6.35. The molecule has 110 valence electrons. The molecule has 0 saturated carbocycles. The van der Waals surface area contributed by atoms with E-state index < -0.39 is 0 Å². The average molecular weight is 258 g/mol. The van der Waals surface area contributed by atoms with Crippen LogP contribution in [0.3, 0.4) is 0 Å². The van der Waals surface area contributed by atoms with Gasteiger partial charge in [-0.2, -0.15) is 0 Å². The molecule has 0 bridgehead atoms. The van der Waals surface area contributed by atoms with Crippen LogP contribution in [0.2, 0.25) is 0 Å².